The summed E-state index contributed by atoms with van der Waals surface area (Å²) >= 11 is 6.31. The molecule has 2 aliphatic rings. The SMILES string of the molecule is COc1cccc([C@@](O)(C(=O)N2CCC(C3CCC(Oc4ccc(C(=O)N(C)C)c(Cl)c4)CC3)CC2)C(F)(F)F)c1. The summed E-state index contributed by atoms with van der Waals surface area (Å²) in [7, 11) is 4.63. The van der Waals surface area contributed by atoms with Gasteiger partial charge in [0.15, 0.2) is 0 Å². The Kier molecular flexibility index (Phi) is 9.43. The minimum Gasteiger partial charge on any atom is -0.497 e. The molecule has 1 aliphatic heterocycles. The summed E-state index contributed by atoms with van der Waals surface area (Å²) in [4.78, 5) is 27.9. The molecule has 2 aromatic rings. The fraction of sp³-hybridized carbons (Fsp3) is 0.533. The first-order valence-corrected chi connectivity index (χ1v) is 14.1. The van der Waals surface area contributed by atoms with E-state index in [1.165, 1.54) is 24.1 Å². The summed E-state index contributed by atoms with van der Waals surface area (Å²) in [5.74, 6) is -0.147. The lowest BCUT2D eigenvalue weighted by molar-refractivity contribution is -0.262. The van der Waals surface area contributed by atoms with Crippen molar-refractivity contribution in [1.29, 1.82) is 0 Å². The monoisotopic (exact) mass is 596 g/mol. The molecule has 1 atom stereocenters. The molecule has 2 fully saturated rings. The van der Waals surface area contributed by atoms with Crippen LogP contribution in [0.15, 0.2) is 42.5 Å². The zero-order valence-electron chi connectivity index (χ0n) is 23.4. The molecule has 2 amide bonds. The van der Waals surface area contributed by atoms with Crippen LogP contribution in [-0.4, -0.2) is 73.3 Å². The van der Waals surface area contributed by atoms with Crippen molar-refractivity contribution in [2.45, 2.75) is 56.4 Å². The van der Waals surface area contributed by atoms with Crippen molar-refractivity contribution in [1.82, 2.24) is 9.80 Å². The Morgan fingerprint density at radius 1 is 0.951 bits per heavy atom. The number of piperidine rings is 1. The average Bonchev–Trinajstić information content (AvgIpc) is 2.96. The van der Waals surface area contributed by atoms with Gasteiger partial charge in [-0.05, 0) is 80.7 Å². The number of alkyl halides is 3. The number of halogens is 4. The molecule has 1 heterocycles. The van der Waals surface area contributed by atoms with E-state index < -0.39 is 23.2 Å². The van der Waals surface area contributed by atoms with E-state index >= 15 is 0 Å². The maximum Gasteiger partial charge on any atom is 0.430 e. The minimum absolute atomic E-state index is 0.00374. The number of hydrogen-bond acceptors (Lipinski definition) is 5. The molecule has 1 N–H and O–H groups in total. The molecule has 1 aliphatic carbocycles. The van der Waals surface area contributed by atoms with Gasteiger partial charge in [-0.15, -0.1) is 0 Å². The van der Waals surface area contributed by atoms with Gasteiger partial charge in [0.1, 0.15) is 11.5 Å². The maximum absolute atomic E-state index is 14.1. The van der Waals surface area contributed by atoms with Crippen LogP contribution in [-0.2, 0) is 10.4 Å². The van der Waals surface area contributed by atoms with Gasteiger partial charge in [0, 0.05) is 32.7 Å². The largest absolute Gasteiger partial charge is 0.497 e. The Balaban J connectivity index is 1.32. The molecular formula is C30H36ClF3N2O5. The van der Waals surface area contributed by atoms with Crippen molar-refractivity contribution >= 4 is 23.4 Å². The minimum atomic E-state index is -5.20. The second-order valence-corrected chi connectivity index (χ2v) is 11.5. The maximum atomic E-state index is 14.1. The van der Waals surface area contributed by atoms with Gasteiger partial charge < -0.3 is 24.4 Å². The van der Waals surface area contributed by atoms with Gasteiger partial charge in [-0.3, -0.25) is 9.59 Å². The topological polar surface area (TPSA) is 79.3 Å². The van der Waals surface area contributed by atoms with Crippen LogP contribution in [0.3, 0.4) is 0 Å². The zero-order valence-corrected chi connectivity index (χ0v) is 24.2. The van der Waals surface area contributed by atoms with Crippen LogP contribution in [0.5, 0.6) is 11.5 Å². The lowest BCUT2D eigenvalue weighted by Gasteiger charge is -2.41. The van der Waals surface area contributed by atoms with Gasteiger partial charge in [0.25, 0.3) is 17.4 Å². The lowest BCUT2D eigenvalue weighted by Crippen LogP contribution is -2.57. The van der Waals surface area contributed by atoms with Crippen molar-refractivity contribution in [3.05, 3.63) is 58.6 Å². The Morgan fingerprint density at radius 3 is 2.15 bits per heavy atom. The second kappa shape index (κ2) is 12.5. The van der Waals surface area contributed by atoms with E-state index in [4.69, 9.17) is 21.1 Å². The number of carbonyl (C=O) groups excluding carboxylic acids is 2. The number of methoxy groups -OCH3 is 1. The van der Waals surface area contributed by atoms with Gasteiger partial charge in [-0.25, -0.2) is 0 Å². The number of benzene rings is 2. The fourth-order valence-electron chi connectivity index (χ4n) is 5.91. The average molecular weight is 597 g/mol. The number of ether oxygens (including phenoxy) is 2. The predicted molar refractivity (Wildman–Crippen MR) is 148 cm³/mol. The van der Waals surface area contributed by atoms with Crippen LogP contribution in [0.1, 0.15) is 54.4 Å². The number of aliphatic hydroxyl groups is 1. The molecule has 0 radical (unpaired) electrons. The van der Waals surface area contributed by atoms with E-state index in [0.717, 1.165) is 42.7 Å². The molecule has 0 bridgehead atoms. The summed E-state index contributed by atoms with van der Waals surface area (Å²) in [6.07, 6.45) is -0.584. The van der Waals surface area contributed by atoms with Gasteiger partial charge in [0.05, 0.1) is 23.8 Å². The third-order valence-corrected chi connectivity index (χ3v) is 8.61. The fourth-order valence-corrected chi connectivity index (χ4v) is 6.16. The third kappa shape index (κ3) is 6.59. The van der Waals surface area contributed by atoms with Crippen LogP contribution >= 0.6 is 11.6 Å². The molecule has 4 rings (SSSR count). The van der Waals surface area contributed by atoms with E-state index in [2.05, 4.69) is 0 Å². The molecular weight excluding hydrogens is 561 g/mol. The summed E-state index contributed by atoms with van der Waals surface area (Å²) in [5.41, 5.74) is -3.80. The Labute approximate surface area is 243 Å². The number of likely N-dealkylation sites (tertiary alicyclic amines) is 1. The van der Waals surface area contributed by atoms with E-state index in [1.807, 2.05) is 0 Å². The van der Waals surface area contributed by atoms with E-state index in [1.54, 1.807) is 32.3 Å². The highest BCUT2D eigenvalue weighted by Gasteiger charge is 2.62. The molecule has 7 nitrogen and oxygen atoms in total. The molecule has 2 aromatic carbocycles. The smallest absolute Gasteiger partial charge is 0.430 e. The summed E-state index contributed by atoms with van der Waals surface area (Å²) in [5, 5.41) is 11.1. The summed E-state index contributed by atoms with van der Waals surface area (Å²) in [6, 6.07) is 9.97. The van der Waals surface area contributed by atoms with E-state index in [0.29, 0.717) is 35.1 Å². The third-order valence-electron chi connectivity index (χ3n) is 8.30. The Hall–Kier alpha value is -2.98. The molecule has 0 unspecified atom stereocenters. The Bertz CT molecular complexity index is 1240. The Morgan fingerprint density at radius 2 is 1.59 bits per heavy atom. The van der Waals surface area contributed by atoms with Crippen molar-refractivity contribution in [2.24, 2.45) is 11.8 Å². The highest BCUT2D eigenvalue weighted by atomic mass is 35.5. The molecule has 224 valence electrons. The number of rotatable bonds is 7. The number of carbonyl (C=O) groups is 2. The first-order chi connectivity index (χ1) is 19.3. The second-order valence-electron chi connectivity index (χ2n) is 11.1. The number of hydrogen-bond donors (Lipinski definition) is 1. The van der Waals surface area contributed by atoms with Crippen molar-refractivity contribution < 1.29 is 37.3 Å². The first kappa shape index (κ1) is 31.0. The quantitative estimate of drug-likeness (QED) is 0.445. The highest BCUT2D eigenvalue weighted by molar-refractivity contribution is 6.34. The van der Waals surface area contributed by atoms with Crippen molar-refractivity contribution in [3.63, 3.8) is 0 Å². The van der Waals surface area contributed by atoms with Crippen LogP contribution < -0.4 is 9.47 Å². The number of nitrogens with zero attached hydrogens (tertiary/aromatic N) is 2. The summed E-state index contributed by atoms with van der Waals surface area (Å²) < 4.78 is 53.5. The molecule has 1 saturated carbocycles. The predicted octanol–water partition coefficient (Wildman–Crippen LogP) is 5.68. The molecule has 0 spiro atoms. The van der Waals surface area contributed by atoms with Gasteiger partial charge in [-0.1, -0.05) is 23.7 Å². The van der Waals surface area contributed by atoms with Crippen LogP contribution in [0.4, 0.5) is 13.2 Å². The lowest BCUT2D eigenvalue weighted by atomic mass is 9.75. The summed E-state index contributed by atoms with van der Waals surface area (Å²) in [6.45, 7) is 0.303. The van der Waals surface area contributed by atoms with Crippen molar-refractivity contribution in [2.75, 3.05) is 34.3 Å². The van der Waals surface area contributed by atoms with E-state index in [-0.39, 0.29) is 36.8 Å². The van der Waals surface area contributed by atoms with Gasteiger partial charge in [-0.2, -0.15) is 13.2 Å². The van der Waals surface area contributed by atoms with Crippen molar-refractivity contribution in [3.8, 4) is 11.5 Å². The van der Waals surface area contributed by atoms with Crippen LogP contribution in [0, 0.1) is 11.8 Å². The molecule has 0 aromatic heterocycles. The van der Waals surface area contributed by atoms with Gasteiger partial charge in [0.2, 0.25) is 0 Å². The molecule has 41 heavy (non-hydrogen) atoms. The molecule has 1 saturated heterocycles. The first-order valence-electron chi connectivity index (χ1n) is 13.8. The number of amides is 2. The van der Waals surface area contributed by atoms with Crippen LogP contribution in [0.25, 0.3) is 0 Å². The van der Waals surface area contributed by atoms with Gasteiger partial charge >= 0.3 is 6.18 Å². The normalized spacial score (nSPS) is 21.6. The highest BCUT2D eigenvalue weighted by Crippen LogP contribution is 2.43. The molecule has 11 heteroatoms. The zero-order chi connectivity index (χ0) is 29.9. The standard InChI is InChI=1S/C30H36ClF3N2O5/c1-35(2)27(37)25-12-11-24(18-26(25)31)41-22-9-7-19(8-10-22)20-13-15-36(16-14-20)28(38)29(39,30(32,33)34)21-5-4-6-23(17-21)40-3/h4-6,11-12,17-20,22,39H,7-10,13-16H2,1-3H3/t19?,22?,29-/m1/s1. The van der Waals surface area contributed by atoms with Crippen LogP contribution in [0.2, 0.25) is 5.02 Å². The van der Waals surface area contributed by atoms with E-state index in [9.17, 15) is 27.9 Å².